The van der Waals surface area contributed by atoms with E-state index < -0.39 is 0 Å². The topological polar surface area (TPSA) is 84.2 Å². The molecule has 2 rings (SSSR count). The molecule has 6 heteroatoms. The third-order valence-electron chi connectivity index (χ3n) is 3.30. The van der Waals surface area contributed by atoms with Crippen LogP contribution >= 0.6 is 0 Å². The fraction of sp³-hybridized carbons (Fsp3) is 0.615. The van der Waals surface area contributed by atoms with Crippen molar-refractivity contribution in [2.45, 2.75) is 38.8 Å². The van der Waals surface area contributed by atoms with Crippen LogP contribution < -0.4 is 10.9 Å². The molecule has 1 aliphatic rings. The molecule has 104 valence electrons. The summed E-state index contributed by atoms with van der Waals surface area (Å²) in [4.78, 5) is 23.4. The Morgan fingerprint density at radius 2 is 2.26 bits per heavy atom. The monoisotopic (exact) mass is 265 g/mol. The molecule has 1 aromatic heterocycles. The van der Waals surface area contributed by atoms with Crippen LogP contribution in [-0.4, -0.2) is 33.4 Å². The number of aliphatic hydroxyl groups is 1. The molecule has 0 spiro atoms. The Labute approximate surface area is 111 Å². The van der Waals surface area contributed by atoms with Gasteiger partial charge in [0, 0.05) is 19.2 Å². The molecule has 0 radical (unpaired) electrons. The molecule has 0 unspecified atom stereocenters. The van der Waals surface area contributed by atoms with E-state index in [9.17, 15) is 9.59 Å². The number of rotatable bonds is 5. The number of amides is 1. The summed E-state index contributed by atoms with van der Waals surface area (Å²) in [6, 6.07) is 2.81. The summed E-state index contributed by atoms with van der Waals surface area (Å²) in [7, 11) is 0. The number of nitrogens with zero attached hydrogens (tertiary/aromatic N) is 2. The second-order valence-electron chi connectivity index (χ2n) is 4.98. The molecule has 1 heterocycles. The Kier molecular flexibility index (Phi) is 4.31. The van der Waals surface area contributed by atoms with Gasteiger partial charge in [-0.3, -0.25) is 9.59 Å². The maximum atomic E-state index is 11.9. The lowest BCUT2D eigenvalue weighted by Gasteiger charge is -2.31. The third kappa shape index (κ3) is 3.41. The lowest BCUT2D eigenvalue weighted by molar-refractivity contribution is 0.0419. The van der Waals surface area contributed by atoms with Gasteiger partial charge in [-0.1, -0.05) is 6.92 Å². The Morgan fingerprint density at radius 1 is 1.53 bits per heavy atom. The maximum absolute atomic E-state index is 11.9. The van der Waals surface area contributed by atoms with Gasteiger partial charge in [0.2, 0.25) is 0 Å². The third-order valence-corrected chi connectivity index (χ3v) is 3.30. The Morgan fingerprint density at radius 3 is 2.89 bits per heavy atom. The largest absolute Gasteiger partial charge is 0.393 e. The van der Waals surface area contributed by atoms with Crippen LogP contribution in [0.2, 0.25) is 0 Å². The average molecular weight is 265 g/mol. The highest BCUT2D eigenvalue weighted by atomic mass is 16.3. The van der Waals surface area contributed by atoms with Gasteiger partial charge in [-0.15, -0.1) is 0 Å². The zero-order valence-corrected chi connectivity index (χ0v) is 11.0. The second-order valence-corrected chi connectivity index (χ2v) is 4.98. The van der Waals surface area contributed by atoms with Gasteiger partial charge in [-0.25, -0.2) is 4.68 Å². The van der Waals surface area contributed by atoms with E-state index in [2.05, 4.69) is 10.4 Å². The molecule has 0 bridgehead atoms. The number of aliphatic hydroxyl groups excluding tert-OH is 1. The molecule has 0 aromatic carbocycles. The van der Waals surface area contributed by atoms with E-state index in [-0.39, 0.29) is 23.3 Å². The number of hydrogen-bond donors (Lipinski definition) is 2. The summed E-state index contributed by atoms with van der Waals surface area (Å²) < 4.78 is 1.31. The molecule has 1 saturated carbocycles. The smallest absolute Gasteiger partial charge is 0.271 e. The van der Waals surface area contributed by atoms with Gasteiger partial charge in [0.1, 0.15) is 5.69 Å². The van der Waals surface area contributed by atoms with Gasteiger partial charge < -0.3 is 10.4 Å². The summed E-state index contributed by atoms with van der Waals surface area (Å²) in [6.07, 6.45) is 2.05. The minimum Gasteiger partial charge on any atom is -0.393 e. The van der Waals surface area contributed by atoms with Crippen LogP contribution in [0.15, 0.2) is 16.9 Å². The van der Waals surface area contributed by atoms with Crippen molar-refractivity contribution >= 4 is 5.91 Å². The van der Waals surface area contributed by atoms with Crippen molar-refractivity contribution in [2.24, 2.45) is 5.92 Å². The molecule has 1 fully saturated rings. The molecule has 2 N–H and O–H groups in total. The summed E-state index contributed by atoms with van der Waals surface area (Å²) in [6.45, 7) is 3.00. The zero-order valence-electron chi connectivity index (χ0n) is 11.0. The molecule has 1 aromatic rings. The van der Waals surface area contributed by atoms with Crippen LogP contribution in [0.5, 0.6) is 0 Å². The zero-order chi connectivity index (χ0) is 13.8. The first kappa shape index (κ1) is 13.7. The van der Waals surface area contributed by atoms with E-state index >= 15 is 0 Å². The molecule has 1 aliphatic carbocycles. The lowest BCUT2D eigenvalue weighted by atomic mass is 9.82. The van der Waals surface area contributed by atoms with Crippen LogP contribution in [-0.2, 0) is 6.54 Å². The van der Waals surface area contributed by atoms with E-state index in [0.717, 1.165) is 19.3 Å². The van der Waals surface area contributed by atoms with Crippen molar-refractivity contribution in [2.75, 3.05) is 6.54 Å². The quantitative estimate of drug-likeness (QED) is 0.794. The highest BCUT2D eigenvalue weighted by Gasteiger charge is 2.27. The van der Waals surface area contributed by atoms with E-state index in [4.69, 9.17) is 5.11 Å². The molecular weight excluding hydrogens is 246 g/mol. The van der Waals surface area contributed by atoms with E-state index in [1.807, 2.05) is 6.92 Å². The van der Waals surface area contributed by atoms with Gasteiger partial charge in [0.05, 0.1) is 6.10 Å². The summed E-state index contributed by atoms with van der Waals surface area (Å²) in [5.41, 5.74) is 0.0634. The van der Waals surface area contributed by atoms with Crippen molar-refractivity contribution < 1.29 is 9.90 Å². The summed E-state index contributed by atoms with van der Waals surface area (Å²) in [5.74, 6) is 0.0757. The van der Waals surface area contributed by atoms with Crippen LogP contribution in [0.1, 0.15) is 36.7 Å². The van der Waals surface area contributed by atoms with Crippen molar-refractivity contribution in [3.8, 4) is 0 Å². The van der Waals surface area contributed by atoms with E-state index in [1.165, 1.54) is 16.8 Å². The molecule has 1 amide bonds. The standard InChI is InChI=1S/C13H19N3O3/c1-2-5-16-12(18)4-3-11(15-16)13(19)14-8-9-6-10(17)7-9/h3-4,9-10,17H,2,5-8H2,1H3,(H,14,19). The predicted molar refractivity (Wildman–Crippen MR) is 69.9 cm³/mol. The van der Waals surface area contributed by atoms with Gasteiger partial charge in [0.25, 0.3) is 11.5 Å². The van der Waals surface area contributed by atoms with Crippen LogP contribution in [0.4, 0.5) is 0 Å². The number of carbonyl (C=O) groups excluding carboxylic acids is 1. The van der Waals surface area contributed by atoms with Gasteiger partial charge >= 0.3 is 0 Å². The first-order valence-electron chi connectivity index (χ1n) is 6.64. The van der Waals surface area contributed by atoms with Gasteiger partial charge in [-0.05, 0) is 31.2 Å². The maximum Gasteiger partial charge on any atom is 0.271 e. The van der Waals surface area contributed by atoms with E-state index in [0.29, 0.717) is 19.0 Å². The molecule has 6 nitrogen and oxygen atoms in total. The Hall–Kier alpha value is -1.69. The van der Waals surface area contributed by atoms with Gasteiger partial charge in [-0.2, -0.15) is 5.10 Å². The molecular formula is C13H19N3O3. The number of aryl methyl sites for hydroxylation is 1. The van der Waals surface area contributed by atoms with Crippen LogP contribution in [0, 0.1) is 5.92 Å². The number of hydrogen-bond acceptors (Lipinski definition) is 4. The predicted octanol–water partition coefficient (Wildman–Crippen LogP) is 0.154. The fourth-order valence-electron chi connectivity index (χ4n) is 2.14. The molecule has 0 atom stereocenters. The minimum absolute atomic E-state index is 0.194. The van der Waals surface area contributed by atoms with Crippen molar-refractivity contribution in [3.05, 3.63) is 28.2 Å². The molecule has 0 aliphatic heterocycles. The SMILES string of the molecule is CCCn1nc(C(=O)NCC2CC(O)C2)ccc1=O. The van der Waals surface area contributed by atoms with Crippen molar-refractivity contribution in [1.29, 1.82) is 0 Å². The summed E-state index contributed by atoms with van der Waals surface area (Å²) in [5, 5.41) is 16.0. The average Bonchev–Trinajstić information content (AvgIpc) is 2.36. The first-order valence-corrected chi connectivity index (χ1v) is 6.64. The number of aromatic nitrogens is 2. The Bertz CT molecular complexity index is 506. The fourth-order valence-corrected chi connectivity index (χ4v) is 2.14. The van der Waals surface area contributed by atoms with Crippen LogP contribution in [0.3, 0.4) is 0 Å². The van der Waals surface area contributed by atoms with Gasteiger partial charge in [0.15, 0.2) is 0 Å². The van der Waals surface area contributed by atoms with Crippen molar-refractivity contribution in [1.82, 2.24) is 15.1 Å². The first-order chi connectivity index (χ1) is 9.10. The number of nitrogens with one attached hydrogen (secondary N) is 1. The van der Waals surface area contributed by atoms with Crippen molar-refractivity contribution in [3.63, 3.8) is 0 Å². The highest BCUT2D eigenvalue weighted by Crippen LogP contribution is 2.26. The molecule has 0 saturated heterocycles. The highest BCUT2D eigenvalue weighted by molar-refractivity contribution is 5.91. The normalized spacial score (nSPS) is 21.8. The lowest BCUT2D eigenvalue weighted by Crippen LogP contribution is -2.39. The summed E-state index contributed by atoms with van der Waals surface area (Å²) >= 11 is 0. The van der Waals surface area contributed by atoms with E-state index in [1.54, 1.807) is 0 Å². The Balaban J connectivity index is 1.94. The number of carbonyl (C=O) groups is 1. The van der Waals surface area contributed by atoms with Crippen LogP contribution in [0.25, 0.3) is 0 Å². The minimum atomic E-state index is -0.272. The molecule has 19 heavy (non-hydrogen) atoms. The second kappa shape index (κ2) is 5.97.